The van der Waals surface area contributed by atoms with Crippen molar-refractivity contribution in [3.63, 3.8) is 0 Å². The predicted molar refractivity (Wildman–Crippen MR) is 66.9 cm³/mol. The van der Waals surface area contributed by atoms with Gasteiger partial charge in [0.25, 0.3) is 0 Å². The molecular weight excluding hydrogens is 234 g/mol. The highest BCUT2D eigenvalue weighted by Gasteiger charge is 2.10. The number of alkyl carbamates (subject to hydrolysis) is 1. The van der Waals surface area contributed by atoms with Crippen LogP contribution in [-0.2, 0) is 11.3 Å². The van der Waals surface area contributed by atoms with Crippen LogP contribution in [0.25, 0.3) is 0 Å². The van der Waals surface area contributed by atoms with Gasteiger partial charge in [0.1, 0.15) is 6.61 Å². The van der Waals surface area contributed by atoms with Crippen molar-refractivity contribution < 1.29 is 19.7 Å². The smallest absolute Gasteiger partial charge is 0.407 e. The summed E-state index contributed by atoms with van der Waals surface area (Å²) < 4.78 is 4.96. The first-order valence-corrected chi connectivity index (χ1v) is 5.88. The fraction of sp³-hybridized carbons (Fsp3) is 0.462. The van der Waals surface area contributed by atoms with Crippen molar-refractivity contribution in [1.29, 1.82) is 0 Å². The Balaban J connectivity index is 2.18. The zero-order valence-corrected chi connectivity index (χ0v) is 10.4. The summed E-state index contributed by atoms with van der Waals surface area (Å²) in [4.78, 5) is 11.3. The summed E-state index contributed by atoms with van der Waals surface area (Å²) in [7, 11) is 0. The highest BCUT2D eigenvalue weighted by atomic mass is 16.5. The van der Waals surface area contributed by atoms with Crippen LogP contribution in [0.1, 0.15) is 18.9 Å². The van der Waals surface area contributed by atoms with E-state index in [-0.39, 0.29) is 19.6 Å². The third-order valence-electron chi connectivity index (χ3n) is 2.31. The molecule has 3 N–H and O–H groups in total. The molecule has 5 heteroatoms. The highest BCUT2D eigenvalue weighted by Crippen LogP contribution is 2.01. The Bertz CT molecular complexity index is 353. The molecule has 0 bridgehead atoms. The van der Waals surface area contributed by atoms with E-state index in [9.17, 15) is 9.90 Å². The summed E-state index contributed by atoms with van der Waals surface area (Å²) in [5.41, 5.74) is 0.900. The van der Waals surface area contributed by atoms with E-state index in [0.717, 1.165) is 5.56 Å². The number of benzene rings is 1. The summed E-state index contributed by atoms with van der Waals surface area (Å²) in [6.07, 6.45) is -1.72. The van der Waals surface area contributed by atoms with Crippen molar-refractivity contribution in [3.8, 4) is 0 Å². The van der Waals surface area contributed by atoms with Gasteiger partial charge >= 0.3 is 6.09 Å². The monoisotopic (exact) mass is 253 g/mol. The summed E-state index contributed by atoms with van der Waals surface area (Å²) in [6, 6.07) is 9.33. The van der Waals surface area contributed by atoms with E-state index in [1.807, 2.05) is 30.3 Å². The molecule has 0 spiro atoms. The number of aliphatic hydroxyl groups excluding tert-OH is 2. The summed E-state index contributed by atoms with van der Waals surface area (Å²) in [6.45, 7) is 1.84. The maximum absolute atomic E-state index is 11.3. The third-order valence-corrected chi connectivity index (χ3v) is 2.31. The molecule has 2 atom stereocenters. The van der Waals surface area contributed by atoms with Crippen LogP contribution in [0.5, 0.6) is 0 Å². The molecule has 0 aliphatic rings. The van der Waals surface area contributed by atoms with Crippen LogP contribution in [0.3, 0.4) is 0 Å². The van der Waals surface area contributed by atoms with E-state index in [1.165, 1.54) is 0 Å². The van der Waals surface area contributed by atoms with Crippen molar-refractivity contribution in [3.05, 3.63) is 35.9 Å². The molecule has 1 aromatic carbocycles. The van der Waals surface area contributed by atoms with Crippen LogP contribution in [0.15, 0.2) is 30.3 Å². The first kappa shape index (κ1) is 14.5. The van der Waals surface area contributed by atoms with Crippen LogP contribution >= 0.6 is 0 Å². The lowest BCUT2D eigenvalue weighted by atomic mass is 10.2. The molecule has 1 rings (SSSR count). The van der Waals surface area contributed by atoms with Gasteiger partial charge < -0.3 is 20.3 Å². The Hall–Kier alpha value is -1.59. The minimum Gasteiger partial charge on any atom is -0.445 e. The number of carbonyl (C=O) groups is 1. The van der Waals surface area contributed by atoms with Gasteiger partial charge in [-0.15, -0.1) is 0 Å². The van der Waals surface area contributed by atoms with Gasteiger partial charge in [0.15, 0.2) is 0 Å². The van der Waals surface area contributed by atoms with Crippen LogP contribution in [0.2, 0.25) is 0 Å². The van der Waals surface area contributed by atoms with E-state index in [1.54, 1.807) is 6.92 Å². The predicted octanol–water partition coefficient (Wildman–Crippen LogP) is 1.04. The number of hydrogen-bond donors (Lipinski definition) is 3. The van der Waals surface area contributed by atoms with Gasteiger partial charge in [0.05, 0.1) is 12.2 Å². The molecule has 2 unspecified atom stereocenters. The van der Waals surface area contributed by atoms with Gasteiger partial charge in [-0.2, -0.15) is 0 Å². The topological polar surface area (TPSA) is 78.8 Å². The van der Waals surface area contributed by atoms with Crippen LogP contribution in [-0.4, -0.2) is 35.1 Å². The van der Waals surface area contributed by atoms with Crippen molar-refractivity contribution >= 4 is 6.09 Å². The van der Waals surface area contributed by atoms with Crippen LogP contribution in [0.4, 0.5) is 4.79 Å². The Morgan fingerprint density at radius 2 is 2.00 bits per heavy atom. The Morgan fingerprint density at radius 3 is 2.61 bits per heavy atom. The minimum absolute atomic E-state index is 0.0680. The molecule has 0 heterocycles. The zero-order chi connectivity index (χ0) is 13.4. The Kier molecular flexibility index (Phi) is 6.18. The molecule has 0 aliphatic carbocycles. The van der Waals surface area contributed by atoms with E-state index in [4.69, 9.17) is 9.84 Å². The number of carbonyl (C=O) groups excluding carboxylic acids is 1. The molecular formula is C13H19NO4. The second kappa shape index (κ2) is 7.68. The zero-order valence-electron chi connectivity index (χ0n) is 10.4. The molecule has 0 aliphatic heterocycles. The van der Waals surface area contributed by atoms with E-state index in [0.29, 0.717) is 0 Å². The van der Waals surface area contributed by atoms with Crippen LogP contribution in [0, 0.1) is 0 Å². The largest absolute Gasteiger partial charge is 0.445 e. The molecule has 0 saturated carbocycles. The van der Waals surface area contributed by atoms with Gasteiger partial charge in [-0.05, 0) is 12.5 Å². The van der Waals surface area contributed by atoms with Crippen molar-refractivity contribution in [2.45, 2.75) is 32.2 Å². The number of hydrogen-bond acceptors (Lipinski definition) is 4. The number of rotatable bonds is 6. The number of ether oxygens (including phenoxy) is 1. The van der Waals surface area contributed by atoms with Crippen molar-refractivity contribution in [1.82, 2.24) is 5.32 Å². The van der Waals surface area contributed by atoms with Crippen molar-refractivity contribution in [2.75, 3.05) is 6.54 Å². The molecule has 100 valence electrons. The van der Waals surface area contributed by atoms with Gasteiger partial charge in [-0.25, -0.2) is 4.79 Å². The standard InChI is InChI=1S/C13H19NO4/c1-10(15)7-12(16)8-14-13(17)18-9-11-5-3-2-4-6-11/h2-6,10,12,15-16H,7-9H2,1H3,(H,14,17). The Morgan fingerprint density at radius 1 is 1.33 bits per heavy atom. The molecule has 1 amide bonds. The van der Waals surface area contributed by atoms with Gasteiger partial charge in [0.2, 0.25) is 0 Å². The molecule has 5 nitrogen and oxygen atoms in total. The quantitative estimate of drug-likeness (QED) is 0.708. The molecule has 0 aromatic heterocycles. The first-order valence-electron chi connectivity index (χ1n) is 5.88. The lowest BCUT2D eigenvalue weighted by molar-refractivity contribution is 0.0845. The average molecular weight is 253 g/mol. The van der Waals surface area contributed by atoms with E-state index < -0.39 is 18.3 Å². The van der Waals surface area contributed by atoms with Gasteiger partial charge in [-0.3, -0.25) is 0 Å². The average Bonchev–Trinajstić information content (AvgIpc) is 2.34. The summed E-state index contributed by atoms with van der Waals surface area (Å²) >= 11 is 0. The molecule has 1 aromatic rings. The molecule has 0 saturated heterocycles. The number of aliphatic hydroxyl groups is 2. The van der Waals surface area contributed by atoms with E-state index in [2.05, 4.69) is 5.32 Å². The molecule has 0 radical (unpaired) electrons. The first-order chi connectivity index (χ1) is 8.58. The van der Waals surface area contributed by atoms with Crippen LogP contribution < -0.4 is 5.32 Å². The normalized spacial score (nSPS) is 13.7. The second-order valence-electron chi connectivity index (χ2n) is 4.18. The maximum Gasteiger partial charge on any atom is 0.407 e. The number of nitrogens with one attached hydrogen (secondary N) is 1. The third kappa shape index (κ3) is 6.22. The lowest BCUT2D eigenvalue weighted by Crippen LogP contribution is -2.33. The highest BCUT2D eigenvalue weighted by molar-refractivity contribution is 5.67. The maximum atomic E-state index is 11.3. The Labute approximate surface area is 106 Å². The van der Waals surface area contributed by atoms with Gasteiger partial charge in [0, 0.05) is 13.0 Å². The lowest BCUT2D eigenvalue weighted by Gasteiger charge is -2.13. The minimum atomic E-state index is -0.769. The van der Waals surface area contributed by atoms with E-state index >= 15 is 0 Å². The van der Waals surface area contributed by atoms with Gasteiger partial charge in [-0.1, -0.05) is 30.3 Å². The van der Waals surface area contributed by atoms with Crippen molar-refractivity contribution in [2.24, 2.45) is 0 Å². The summed E-state index contributed by atoms with van der Waals surface area (Å²) in [5, 5.41) is 20.9. The molecule has 0 fully saturated rings. The SMILES string of the molecule is CC(O)CC(O)CNC(=O)OCc1ccccc1. The number of amides is 1. The molecule has 18 heavy (non-hydrogen) atoms. The fourth-order valence-corrected chi connectivity index (χ4v) is 1.45. The second-order valence-corrected chi connectivity index (χ2v) is 4.18. The summed E-state index contributed by atoms with van der Waals surface area (Å²) in [5.74, 6) is 0. The fourth-order valence-electron chi connectivity index (χ4n) is 1.45.